The van der Waals surface area contributed by atoms with Gasteiger partial charge in [0.1, 0.15) is 5.75 Å². The molecule has 0 heterocycles. The van der Waals surface area contributed by atoms with E-state index in [-0.39, 0.29) is 0 Å². The van der Waals surface area contributed by atoms with Crippen molar-refractivity contribution in [3.8, 4) is 5.75 Å². The number of hydrogen-bond acceptors (Lipinski definition) is 4. The summed E-state index contributed by atoms with van der Waals surface area (Å²) in [6.45, 7) is 2.72. The lowest BCUT2D eigenvalue weighted by Crippen LogP contribution is -1.99. The van der Waals surface area contributed by atoms with Crippen LogP contribution < -0.4 is 4.74 Å². The number of ether oxygens (including phenoxy) is 1. The van der Waals surface area contributed by atoms with E-state index in [4.69, 9.17) is 9.99 Å². The van der Waals surface area contributed by atoms with Gasteiger partial charge in [0.05, 0.1) is 6.61 Å². The molecule has 1 rings (SSSR count). The van der Waals surface area contributed by atoms with Gasteiger partial charge in [0.25, 0.3) is 0 Å². The Labute approximate surface area is 141 Å². The van der Waals surface area contributed by atoms with Crippen molar-refractivity contribution in [1.29, 1.82) is 0 Å². The molecule has 1 aromatic carbocycles. The molecular formula is C18H30O4P+. The van der Waals surface area contributed by atoms with E-state index in [2.05, 4.69) is 23.7 Å². The summed E-state index contributed by atoms with van der Waals surface area (Å²) >= 11 is 0. The third-order valence-electron chi connectivity index (χ3n) is 3.84. The molecule has 4 nitrogen and oxygen atoms in total. The lowest BCUT2D eigenvalue weighted by atomic mass is 10.0. The largest absolute Gasteiger partial charge is 0.539 e. The van der Waals surface area contributed by atoms with Crippen molar-refractivity contribution in [3.05, 3.63) is 29.8 Å². The van der Waals surface area contributed by atoms with Crippen LogP contribution in [0.4, 0.5) is 0 Å². The second kappa shape index (κ2) is 13.5. The third-order valence-corrected chi connectivity index (χ3v) is 4.70. The second-order valence-corrected chi connectivity index (χ2v) is 7.13. The number of rotatable bonds is 14. The molecule has 0 amide bonds. The molecule has 0 aliphatic rings. The van der Waals surface area contributed by atoms with Crippen molar-refractivity contribution in [2.75, 3.05) is 12.8 Å². The molecule has 0 aromatic heterocycles. The van der Waals surface area contributed by atoms with Gasteiger partial charge in [-0.25, -0.2) is 5.26 Å². The predicted octanol–water partition coefficient (Wildman–Crippen LogP) is 5.98. The molecule has 23 heavy (non-hydrogen) atoms. The average Bonchev–Trinajstić information content (AvgIpc) is 2.59. The lowest BCUT2D eigenvalue weighted by molar-refractivity contribution is -0.130. The monoisotopic (exact) mass is 341 g/mol. The molecule has 0 aliphatic heterocycles. The highest BCUT2D eigenvalue weighted by Gasteiger charge is 2.15. The first-order valence-electron chi connectivity index (χ1n) is 8.74. The van der Waals surface area contributed by atoms with Crippen molar-refractivity contribution in [3.63, 3.8) is 0 Å². The van der Waals surface area contributed by atoms with Gasteiger partial charge in [-0.3, -0.25) is 0 Å². The van der Waals surface area contributed by atoms with Gasteiger partial charge in [0.2, 0.25) is 0 Å². The van der Waals surface area contributed by atoms with E-state index in [0.29, 0.717) is 19.2 Å². The van der Waals surface area contributed by atoms with Crippen molar-refractivity contribution in [1.82, 2.24) is 0 Å². The van der Waals surface area contributed by atoms with Crippen molar-refractivity contribution >= 4 is 8.03 Å². The van der Waals surface area contributed by atoms with E-state index in [9.17, 15) is 4.57 Å². The van der Waals surface area contributed by atoms with Gasteiger partial charge >= 0.3 is 8.03 Å². The van der Waals surface area contributed by atoms with Crippen LogP contribution in [0, 0.1) is 0 Å². The smallest absolute Gasteiger partial charge is 0.493 e. The van der Waals surface area contributed by atoms with Gasteiger partial charge in [-0.2, -0.15) is 0 Å². The van der Waals surface area contributed by atoms with Crippen LogP contribution in [-0.4, -0.2) is 18.0 Å². The maximum atomic E-state index is 10.9. The van der Waals surface area contributed by atoms with E-state index in [1.807, 2.05) is 12.1 Å². The SMILES string of the molecule is CCCCCCCCCc1ccc(OCCC[P+](=O)OO)cc1. The first-order chi connectivity index (χ1) is 11.3. The summed E-state index contributed by atoms with van der Waals surface area (Å²) < 4.78 is 20.2. The summed E-state index contributed by atoms with van der Waals surface area (Å²) in [5, 5.41) is 8.20. The highest BCUT2D eigenvalue weighted by atomic mass is 31.1. The first-order valence-corrected chi connectivity index (χ1v) is 10.1. The fourth-order valence-electron chi connectivity index (χ4n) is 2.46. The van der Waals surface area contributed by atoms with Crippen molar-refractivity contribution in [2.45, 2.75) is 64.7 Å². The Balaban J connectivity index is 2.09. The number of unbranched alkanes of at least 4 members (excludes halogenated alkanes) is 6. The fraction of sp³-hybridized carbons (Fsp3) is 0.667. The van der Waals surface area contributed by atoms with E-state index in [1.54, 1.807) is 0 Å². The highest BCUT2D eigenvalue weighted by Crippen LogP contribution is 2.21. The topological polar surface area (TPSA) is 55.8 Å². The molecular weight excluding hydrogens is 311 g/mol. The summed E-state index contributed by atoms with van der Waals surface area (Å²) in [6, 6.07) is 8.20. The zero-order valence-electron chi connectivity index (χ0n) is 14.2. The highest BCUT2D eigenvalue weighted by molar-refractivity contribution is 7.38. The van der Waals surface area contributed by atoms with E-state index in [1.165, 1.54) is 50.5 Å². The fourth-order valence-corrected chi connectivity index (χ4v) is 2.93. The molecule has 0 fully saturated rings. The molecule has 0 saturated carbocycles. The molecule has 0 aliphatic carbocycles. The van der Waals surface area contributed by atoms with Crippen LogP contribution in [0.25, 0.3) is 0 Å². The Hall–Kier alpha value is -0.960. The predicted molar refractivity (Wildman–Crippen MR) is 94.4 cm³/mol. The Bertz CT molecular complexity index is 420. The van der Waals surface area contributed by atoms with Crippen LogP contribution >= 0.6 is 8.03 Å². The van der Waals surface area contributed by atoms with Gasteiger partial charge in [-0.15, -0.1) is 0 Å². The van der Waals surface area contributed by atoms with Gasteiger partial charge in [0, 0.05) is 11.1 Å². The Morgan fingerprint density at radius 1 is 0.957 bits per heavy atom. The molecule has 0 bridgehead atoms. The lowest BCUT2D eigenvalue weighted by Gasteiger charge is -2.06. The van der Waals surface area contributed by atoms with Crippen LogP contribution in [0.5, 0.6) is 5.75 Å². The molecule has 0 radical (unpaired) electrons. The summed E-state index contributed by atoms with van der Waals surface area (Å²) in [4.78, 5) is 0. The number of hydrogen-bond donors (Lipinski definition) is 1. The van der Waals surface area contributed by atoms with E-state index >= 15 is 0 Å². The minimum absolute atomic E-state index is 0.308. The summed E-state index contributed by atoms with van der Waals surface area (Å²) in [5.41, 5.74) is 1.35. The second-order valence-electron chi connectivity index (χ2n) is 5.86. The molecule has 130 valence electrons. The zero-order chi connectivity index (χ0) is 16.8. The van der Waals surface area contributed by atoms with E-state index in [0.717, 1.165) is 12.2 Å². The van der Waals surface area contributed by atoms with Gasteiger partial charge < -0.3 is 4.74 Å². The van der Waals surface area contributed by atoms with E-state index < -0.39 is 8.03 Å². The summed E-state index contributed by atoms with van der Waals surface area (Å²) in [6.07, 6.45) is 11.4. The normalized spacial score (nSPS) is 11.5. The molecule has 0 spiro atoms. The quantitative estimate of drug-likeness (QED) is 0.196. The maximum Gasteiger partial charge on any atom is 0.539 e. The Morgan fingerprint density at radius 3 is 2.26 bits per heavy atom. The summed E-state index contributed by atoms with van der Waals surface area (Å²) in [5.74, 6) is 0.827. The molecule has 5 heteroatoms. The molecule has 1 atom stereocenters. The average molecular weight is 341 g/mol. The standard InChI is InChI=1S/C18H29O4P/c1-2-3-4-5-6-7-8-10-17-11-13-18(14-12-17)21-15-9-16-23(20)22-19/h11-14H,2-10,15-16H2,1H3/p+1. The Kier molecular flexibility index (Phi) is 11.8. The number of benzene rings is 1. The van der Waals surface area contributed by atoms with Gasteiger partial charge in [0.15, 0.2) is 6.16 Å². The molecule has 0 saturated heterocycles. The zero-order valence-corrected chi connectivity index (χ0v) is 15.1. The van der Waals surface area contributed by atoms with Crippen LogP contribution in [0.2, 0.25) is 0 Å². The first kappa shape index (κ1) is 20.1. The van der Waals surface area contributed by atoms with Crippen molar-refractivity contribution in [2.24, 2.45) is 0 Å². The minimum atomic E-state index is -1.95. The third kappa shape index (κ3) is 10.4. The van der Waals surface area contributed by atoms with Gasteiger partial charge in [-0.1, -0.05) is 57.6 Å². The van der Waals surface area contributed by atoms with Gasteiger partial charge in [-0.05, 0) is 35.1 Å². The molecule has 1 aromatic rings. The number of aryl methyl sites for hydroxylation is 1. The van der Waals surface area contributed by atoms with Crippen LogP contribution in [-0.2, 0) is 15.7 Å². The minimum Gasteiger partial charge on any atom is -0.493 e. The molecule has 1 N–H and O–H groups in total. The maximum absolute atomic E-state index is 10.9. The van der Waals surface area contributed by atoms with Crippen LogP contribution in [0.3, 0.4) is 0 Å². The van der Waals surface area contributed by atoms with Crippen LogP contribution in [0.15, 0.2) is 24.3 Å². The van der Waals surface area contributed by atoms with Crippen LogP contribution in [0.1, 0.15) is 63.9 Å². The van der Waals surface area contributed by atoms with Crippen molar-refractivity contribution < 1.29 is 19.2 Å². The Morgan fingerprint density at radius 2 is 1.61 bits per heavy atom. The molecule has 1 unspecified atom stereocenters. The summed E-state index contributed by atoms with van der Waals surface area (Å²) in [7, 11) is -1.95.